The summed E-state index contributed by atoms with van der Waals surface area (Å²) >= 11 is 5.93. The molecule has 3 saturated heterocycles. The highest BCUT2D eigenvalue weighted by Crippen LogP contribution is 2.49. The summed E-state index contributed by atoms with van der Waals surface area (Å²) in [6.07, 6.45) is 1.61. The Morgan fingerprint density at radius 1 is 0.800 bits per heavy atom. The molecule has 126 valence electrons. The molecule has 0 saturated carbocycles. The van der Waals surface area contributed by atoms with E-state index in [2.05, 4.69) is 0 Å². The van der Waals surface area contributed by atoms with Crippen LogP contribution in [-0.4, -0.2) is 24.0 Å². The van der Waals surface area contributed by atoms with Gasteiger partial charge < -0.3 is 4.74 Å². The van der Waals surface area contributed by atoms with Crippen LogP contribution in [0.15, 0.2) is 48.5 Å². The number of fused-ring (bicyclic) bond motifs is 5. The number of carbonyl (C=O) groups excluding carboxylic acids is 2. The molecule has 3 heterocycles. The lowest BCUT2D eigenvalue weighted by Gasteiger charge is -2.18. The van der Waals surface area contributed by atoms with Crippen LogP contribution in [0.3, 0.4) is 0 Å². The van der Waals surface area contributed by atoms with E-state index >= 15 is 0 Å². The van der Waals surface area contributed by atoms with Gasteiger partial charge in [-0.05, 0) is 48.2 Å². The fourth-order valence-electron chi connectivity index (χ4n) is 4.41. The van der Waals surface area contributed by atoms with Gasteiger partial charge in [0.05, 0.1) is 29.7 Å². The number of carbonyl (C=O) groups is 2. The van der Waals surface area contributed by atoms with E-state index in [4.69, 9.17) is 16.3 Å². The third-order valence-electron chi connectivity index (χ3n) is 5.59. The van der Waals surface area contributed by atoms with Crippen molar-refractivity contribution in [1.82, 2.24) is 0 Å². The van der Waals surface area contributed by atoms with Crippen molar-refractivity contribution in [1.29, 1.82) is 0 Å². The number of benzene rings is 2. The number of hydrogen-bond acceptors (Lipinski definition) is 3. The molecule has 0 spiro atoms. The van der Waals surface area contributed by atoms with Gasteiger partial charge >= 0.3 is 0 Å². The minimum absolute atomic E-state index is 0.0789. The highest BCUT2D eigenvalue weighted by Gasteiger charge is 2.62. The van der Waals surface area contributed by atoms with Gasteiger partial charge in [-0.3, -0.25) is 9.59 Å². The van der Waals surface area contributed by atoms with Crippen molar-refractivity contribution in [2.75, 3.05) is 4.90 Å². The molecule has 0 radical (unpaired) electrons. The number of anilines is 1. The van der Waals surface area contributed by atoms with Gasteiger partial charge in [0, 0.05) is 5.02 Å². The summed E-state index contributed by atoms with van der Waals surface area (Å²) < 4.78 is 5.77. The topological polar surface area (TPSA) is 46.6 Å². The van der Waals surface area contributed by atoms with Gasteiger partial charge in [-0.25, -0.2) is 4.90 Å². The highest BCUT2D eigenvalue weighted by molar-refractivity contribution is 6.30. The number of imide groups is 1. The van der Waals surface area contributed by atoms with E-state index in [1.54, 1.807) is 0 Å². The zero-order chi connectivity index (χ0) is 17.1. The van der Waals surface area contributed by atoms with Crippen molar-refractivity contribution < 1.29 is 14.3 Å². The molecule has 0 unspecified atom stereocenters. The zero-order valence-corrected chi connectivity index (χ0v) is 14.1. The predicted octanol–water partition coefficient (Wildman–Crippen LogP) is 3.67. The molecular formula is C20H16ClNO3. The van der Waals surface area contributed by atoms with E-state index in [-0.39, 0.29) is 35.9 Å². The largest absolute Gasteiger partial charge is 0.373 e. The standard InChI is InChI=1S/C20H16ClNO3/c21-13-5-1-11(2-6-13)12-3-7-14(8-4-12)22-19(23)17-15-9-10-16(25-15)18(17)20(22)24/h1-8,15-18H,9-10H2/t15-,16+,17-,18-/m0/s1. The second-order valence-electron chi connectivity index (χ2n) is 6.91. The Bertz CT molecular complexity index is 834. The van der Waals surface area contributed by atoms with Gasteiger partial charge in [-0.2, -0.15) is 0 Å². The normalized spacial score (nSPS) is 30.2. The highest BCUT2D eigenvalue weighted by atomic mass is 35.5. The zero-order valence-electron chi connectivity index (χ0n) is 13.4. The summed E-state index contributed by atoms with van der Waals surface area (Å²) in [5, 5.41) is 0.692. The number of rotatable bonds is 2. The Morgan fingerprint density at radius 2 is 1.28 bits per heavy atom. The summed E-state index contributed by atoms with van der Waals surface area (Å²) in [7, 11) is 0. The second kappa shape index (κ2) is 5.41. The molecule has 2 amide bonds. The molecular weight excluding hydrogens is 338 g/mol. The van der Waals surface area contributed by atoms with Crippen LogP contribution in [0.1, 0.15) is 12.8 Å². The average molecular weight is 354 g/mol. The first-order chi connectivity index (χ1) is 12.1. The van der Waals surface area contributed by atoms with Crippen LogP contribution >= 0.6 is 11.6 Å². The Kier molecular flexibility index (Phi) is 3.27. The molecule has 5 heteroatoms. The molecule has 5 rings (SSSR count). The molecule has 4 nitrogen and oxygen atoms in total. The van der Waals surface area contributed by atoms with Crippen molar-refractivity contribution in [3.05, 3.63) is 53.6 Å². The SMILES string of the molecule is O=C1[C@@H]2[C@@H](C(=O)N1c1ccc(-c3ccc(Cl)cc3)cc1)[C@H]1CC[C@@H]2O1. The summed E-state index contributed by atoms with van der Waals surface area (Å²) in [6.45, 7) is 0. The monoisotopic (exact) mass is 353 g/mol. The minimum atomic E-state index is -0.290. The number of halogens is 1. The third-order valence-corrected chi connectivity index (χ3v) is 5.84. The van der Waals surface area contributed by atoms with Crippen molar-refractivity contribution in [2.45, 2.75) is 25.0 Å². The molecule has 0 aromatic heterocycles. The maximum absolute atomic E-state index is 12.8. The summed E-state index contributed by atoms with van der Waals surface area (Å²) in [4.78, 5) is 26.9. The summed E-state index contributed by atoms with van der Waals surface area (Å²) in [5.41, 5.74) is 2.70. The van der Waals surface area contributed by atoms with Gasteiger partial charge in [0.15, 0.2) is 0 Å². The summed E-state index contributed by atoms with van der Waals surface area (Å²) in [5.74, 6) is -0.799. The molecule has 0 N–H and O–H groups in total. The molecule has 3 aliphatic rings. The smallest absolute Gasteiger partial charge is 0.240 e. The van der Waals surface area contributed by atoms with Crippen molar-refractivity contribution in [3.63, 3.8) is 0 Å². The summed E-state index contributed by atoms with van der Waals surface area (Å²) in [6, 6.07) is 15.1. The maximum atomic E-state index is 12.8. The molecule has 4 atom stereocenters. The van der Waals surface area contributed by atoms with E-state index in [0.29, 0.717) is 10.7 Å². The fraction of sp³-hybridized carbons (Fsp3) is 0.300. The number of ether oxygens (including phenoxy) is 1. The van der Waals surface area contributed by atoms with E-state index in [9.17, 15) is 9.59 Å². The lowest BCUT2D eigenvalue weighted by molar-refractivity contribution is -0.124. The predicted molar refractivity (Wildman–Crippen MR) is 94.3 cm³/mol. The van der Waals surface area contributed by atoms with Crippen LogP contribution in [0, 0.1) is 11.8 Å². The van der Waals surface area contributed by atoms with Gasteiger partial charge in [-0.15, -0.1) is 0 Å². The number of amides is 2. The Balaban J connectivity index is 1.45. The van der Waals surface area contributed by atoms with Crippen LogP contribution in [0.2, 0.25) is 5.02 Å². The van der Waals surface area contributed by atoms with Crippen molar-refractivity contribution >= 4 is 29.1 Å². The Labute approximate surface area is 150 Å². The van der Waals surface area contributed by atoms with Crippen LogP contribution in [0.25, 0.3) is 11.1 Å². The van der Waals surface area contributed by atoms with Gasteiger partial charge in [0.2, 0.25) is 11.8 Å². The van der Waals surface area contributed by atoms with Crippen LogP contribution in [0.5, 0.6) is 0 Å². The second-order valence-corrected chi connectivity index (χ2v) is 7.34. The molecule has 2 aromatic rings. The quantitative estimate of drug-likeness (QED) is 0.774. The first-order valence-electron chi connectivity index (χ1n) is 8.53. The van der Waals surface area contributed by atoms with Crippen LogP contribution in [0.4, 0.5) is 5.69 Å². The van der Waals surface area contributed by atoms with Crippen LogP contribution in [-0.2, 0) is 14.3 Å². The van der Waals surface area contributed by atoms with Crippen molar-refractivity contribution in [2.24, 2.45) is 11.8 Å². The molecule has 3 aliphatic heterocycles. The third kappa shape index (κ3) is 2.17. The van der Waals surface area contributed by atoms with E-state index in [1.165, 1.54) is 4.90 Å². The fourth-order valence-corrected chi connectivity index (χ4v) is 4.54. The van der Waals surface area contributed by atoms with E-state index < -0.39 is 0 Å². The molecule has 3 fully saturated rings. The Hall–Kier alpha value is -2.17. The average Bonchev–Trinajstić information content (AvgIpc) is 3.30. The Morgan fingerprint density at radius 3 is 1.80 bits per heavy atom. The number of hydrogen-bond donors (Lipinski definition) is 0. The maximum Gasteiger partial charge on any atom is 0.240 e. The van der Waals surface area contributed by atoms with Crippen LogP contribution < -0.4 is 4.90 Å². The van der Waals surface area contributed by atoms with Gasteiger partial charge in [0.1, 0.15) is 0 Å². The first-order valence-corrected chi connectivity index (χ1v) is 8.90. The lowest BCUT2D eigenvalue weighted by Crippen LogP contribution is -2.34. The van der Waals surface area contributed by atoms with E-state index in [1.807, 2.05) is 48.5 Å². The molecule has 0 aliphatic carbocycles. The van der Waals surface area contributed by atoms with Gasteiger partial charge in [-0.1, -0.05) is 35.9 Å². The first kappa shape index (κ1) is 15.1. The van der Waals surface area contributed by atoms with Gasteiger partial charge in [0.25, 0.3) is 0 Å². The lowest BCUT2D eigenvalue weighted by atomic mass is 9.81. The van der Waals surface area contributed by atoms with Crippen molar-refractivity contribution in [3.8, 4) is 11.1 Å². The molecule has 25 heavy (non-hydrogen) atoms. The van der Waals surface area contributed by atoms with E-state index in [0.717, 1.165) is 24.0 Å². The molecule has 2 aromatic carbocycles. The number of nitrogens with zero attached hydrogens (tertiary/aromatic N) is 1. The molecule has 2 bridgehead atoms. The minimum Gasteiger partial charge on any atom is -0.373 e.